The number of anilines is 1. The first-order valence-corrected chi connectivity index (χ1v) is 8.13. The number of benzene rings is 2. The number of hydrogen-bond donors (Lipinski definition) is 1. The Labute approximate surface area is 142 Å². The number of nitrogens with zero attached hydrogens (tertiary/aromatic N) is 2. The summed E-state index contributed by atoms with van der Waals surface area (Å²) in [6.07, 6.45) is 0. The lowest BCUT2D eigenvalue weighted by Crippen LogP contribution is -2.50. The van der Waals surface area contributed by atoms with Gasteiger partial charge in [0.1, 0.15) is 5.75 Å². The molecular formula is C19H23N3O2. The van der Waals surface area contributed by atoms with Crippen molar-refractivity contribution in [2.24, 2.45) is 0 Å². The van der Waals surface area contributed by atoms with Gasteiger partial charge in [0.25, 0.3) is 0 Å². The molecule has 2 aromatic rings. The third kappa shape index (κ3) is 3.51. The molecule has 1 fully saturated rings. The number of methoxy groups -OCH3 is 1. The van der Waals surface area contributed by atoms with Gasteiger partial charge >= 0.3 is 6.03 Å². The van der Waals surface area contributed by atoms with E-state index in [0.29, 0.717) is 18.0 Å². The SMILES string of the molecule is COc1ccccc1NC(=O)N1CCN(C)C[C@@H]1c1ccccc1. The highest BCUT2D eigenvalue weighted by Gasteiger charge is 2.30. The minimum absolute atomic E-state index is 0.0413. The second-order valence-electron chi connectivity index (χ2n) is 6.01. The van der Waals surface area contributed by atoms with E-state index >= 15 is 0 Å². The Morgan fingerprint density at radius 3 is 2.54 bits per heavy atom. The Hall–Kier alpha value is -2.53. The molecule has 3 rings (SSSR count). The topological polar surface area (TPSA) is 44.8 Å². The van der Waals surface area contributed by atoms with Crippen LogP contribution in [0, 0.1) is 0 Å². The van der Waals surface area contributed by atoms with E-state index in [0.717, 1.165) is 18.7 Å². The van der Waals surface area contributed by atoms with Crippen LogP contribution in [-0.2, 0) is 0 Å². The minimum atomic E-state index is -0.0959. The average Bonchev–Trinajstić information content (AvgIpc) is 2.62. The van der Waals surface area contributed by atoms with Crippen LogP contribution in [0.3, 0.4) is 0 Å². The summed E-state index contributed by atoms with van der Waals surface area (Å²) < 4.78 is 5.32. The van der Waals surface area contributed by atoms with Crippen molar-refractivity contribution in [1.82, 2.24) is 9.80 Å². The fraction of sp³-hybridized carbons (Fsp3) is 0.316. The van der Waals surface area contributed by atoms with Gasteiger partial charge in [0.15, 0.2) is 0 Å². The van der Waals surface area contributed by atoms with E-state index < -0.39 is 0 Å². The lowest BCUT2D eigenvalue weighted by Gasteiger charge is -2.40. The van der Waals surface area contributed by atoms with Crippen molar-refractivity contribution in [3.05, 3.63) is 60.2 Å². The molecule has 0 spiro atoms. The molecule has 1 saturated heterocycles. The van der Waals surface area contributed by atoms with Gasteiger partial charge in [-0.1, -0.05) is 42.5 Å². The predicted molar refractivity (Wildman–Crippen MR) is 95.4 cm³/mol. The summed E-state index contributed by atoms with van der Waals surface area (Å²) >= 11 is 0. The maximum absolute atomic E-state index is 12.9. The molecule has 0 aliphatic carbocycles. The number of rotatable bonds is 3. The molecule has 5 heteroatoms. The van der Waals surface area contributed by atoms with Crippen LogP contribution in [-0.4, -0.2) is 49.6 Å². The molecule has 24 heavy (non-hydrogen) atoms. The van der Waals surface area contributed by atoms with Crippen LogP contribution in [0.4, 0.5) is 10.5 Å². The van der Waals surface area contributed by atoms with E-state index in [-0.39, 0.29) is 12.1 Å². The lowest BCUT2D eigenvalue weighted by atomic mass is 10.0. The zero-order valence-corrected chi connectivity index (χ0v) is 14.1. The standard InChI is InChI=1S/C19H23N3O2/c1-21-12-13-22(17(14-21)15-8-4-3-5-9-15)19(23)20-16-10-6-7-11-18(16)24-2/h3-11,17H,12-14H2,1-2H3,(H,20,23)/t17-/m1/s1. The average molecular weight is 325 g/mol. The van der Waals surface area contributed by atoms with E-state index in [4.69, 9.17) is 4.74 Å². The molecule has 2 aromatic carbocycles. The number of amides is 2. The number of carbonyl (C=O) groups is 1. The second-order valence-corrected chi connectivity index (χ2v) is 6.01. The summed E-state index contributed by atoms with van der Waals surface area (Å²) in [6.45, 7) is 2.38. The van der Waals surface area contributed by atoms with E-state index in [1.165, 1.54) is 0 Å². The van der Waals surface area contributed by atoms with Gasteiger partial charge in [-0.05, 0) is 24.7 Å². The van der Waals surface area contributed by atoms with Gasteiger partial charge in [0, 0.05) is 19.6 Å². The summed E-state index contributed by atoms with van der Waals surface area (Å²) in [5.74, 6) is 0.663. The summed E-state index contributed by atoms with van der Waals surface area (Å²) in [5.41, 5.74) is 1.84. The van der Waals surface area contributed by atoms with Gasteiger partial charge in [0.2, 0.25) is 0 Å². The highest BCUT2D eigenvalue weighted by Crippen LogP contribution is 2.28. The molecule has 1 atom stereocenters. The van der Waals surface area contributed by atoms with E-state index in [1.807, 2.05) is 47.4 Å². The number of ether oxygens (including phenoxy) is 1. The van der Waals surface area contributed by atoms with Crippen LogP contribution in [0.25, 0.3) is 0 Å². The maximum atomic E-state index is 12.9. The normalized spacial score (nSPS) is 18.2. The van der Waals surface area contributed by atoms with Crippen molar-refractivity contribution < 1.29 is 9.53 Å². The van der Waals surface area contributed by atoms with Crippen molar-refractivity contribution in [2.75, 3.05) is 39.1 Å². The largest absolute Gasteiger partial charge is 0.495 e. The predicted octanol–water partition coefficient (Wildman–Crippen LogP) is 3.22. The van der Waals surface area contributed by atoms with E-state index in [9.17, 15) is 4.79 Å². The fourth-order valence-electron chi connectivity index (χ4n) is 3.06. The maximum Gasteiger partial charge on any atom is 0.322 e. The first-order chi connectivity index (χ1) is 11.7. The highest BCUT2D eigenvalue weighted by atomic mass is 16.5. The molecule has 1 heterocycles. The monoisotopic (exact) mass is 325 g/mol. The highest BCUT2D eigenvalue weighted by molar-refractivity contribution is 5.91. The van der Waals surface area contributed by atoms with E-state index in [2.05, 4.69) is 29.4 Å². The van der Waals surface area contributed by atoms with E-state index in [1.54, 1.807) is 7.11 Å². The number of urea groups is 1. The van der Waals surface area contributed by atoms with Gasteiger partial charge in [0.05, 0.1) is 18.8 Å². The zero-order chi connectivity index (χ0) is 16.9. The lowest BCUT2D eigenvalue weighted by molar-refractivity contribution is 0.116. The van der Waals surface area contributed by atoms with Crippen molar-refractivity contribution in [3.63, 3.8) is 0 Å². The third-order valence-electron chi connectivity index (χ3n) is 4.38. The third-order valence-corrected chi connectivity index (χ3v) is 4.38. The van der Waals surface area contributed by atoms with Crippen LogP contribution < -0.4 is 10.1 Å². The van der Waals surface area contributed by atoms with Gasteiger partial charge in [-0.3, -0.25) is 0 Å². The molecule has 2 amide bonds. The smallest absolute Gasteiger partial charge is 0.322 e. The van der Waals surface area contributed by atoms with Gasteiger partial charge in [-0.25, -0.2) is 4.79 Å². The van der Waals surface area contributed by atoms with Crippen molar-refractivity contribution in [3.8, 4) is 5.75 Å². The summed E-state index contributed by atoms with van der Waals surface area (Å²) in [7, 11) is 3.69. The first kappa shape index (κ1) is 16.3. The van der Waals surface area contributed by atoms with Crippen LogP contribution in [0.5, 0.6) is 5.75 Å². The summed E-state index contributed by atoms with van der Waals surface area (Å²) in [6, 6.07) is 17.6. The first-order valence-electron chi connectivity index (χ1n) is 8.13. The summed E-state index contributed by atoms with van der Waals surface area (Å²) in [4.78, 5) is 17.0. The van der Waals surface area contributed by atoms with Crippen LogP contribution in [0.15, 0.2) is 54.6 Å². The molecule has 0 saturated carbocycles. The van der Waals surface area contributed by atoms with Gasteiger partial charge in [-0.2, -0.15) is 0 Å². The number of para-hydroxylation sites is 2. The number of hydrogen-bond acceptors (Lipinski definition) is 3. The minimum Gasteiger partial charge on any atom is -0.495 e. The molecule has 0 bridgehead atoms. The van der Waals surface area contributed by atoms with Gasteiger partial charge in [-0.15, -0.1) is 0 Å². The van der Waals surface area contributed by atoms with Crippen LogP contribution in [0.1, 0.15) is 11.6 Å². The van der Waals surface area contributed by atoms with Crippen molar-refractivity contribution in [1.29, 1.82) is 0 Å². The Balaban J connectivity index is 1.81. The Bertz CT molecular complexity index is 690. The molecular weight excluding hydrogens is 302 g/mol. The van der Waals surface area contributed by atoms with Gasteiger partial charge < -0.3 is 19.9 Å². The molecule has 0 aromatic heterocycles. The molecule has 1 aliphatic heterocycles. The Morgan fingerprint density at radius 1 is 1.08 bits per heavy atom. The molecule has 0 radical (unpaired) electrons. The van der Waals surface area contributed by atoms with Crippen LogP contribution >= 0.6 is 0 Å². The molecule has 1 N–H and O–H groups in total. The molecule has 5 nitrogen and oxygen atoms in total. The van der Waals surface area contributed by atoms with Crippen LogP contribution in [0.2, 0.25) is 0 Å². The number of carbonyl (C=O) groups excluding carboxylic acids is 1. The molecule has 1 aliphatic rings. The second kappa shape index (κ2) is 7.36. The Kier molecular flexibility index (Phi) is 5.01. The fourth-order valence-corrected chi connectivity index (χ4v) is 3.06. The quantitative estimate of drug-likeness (QED) is 0.942. The van der Waals surface area contributed by atoms with Crippen molar-refractivity contribution >= 4 is 11.7 Å². The summed E-state index contributed by atoms with van der Waals surface area (Å²) in [5, 5.41) is 2.99. The Morgan fingerprint density at radius 2 is 1.79 bits per heavy atom. The number of nitrogens with one attached hydrogen (secondary N) is 1. The number of piperazine rings is 1. The van der Waals surface area contributed by atoms with Crippen molar-refractivity contribution in [2.45, 2.75) is 6.04 Å². The molecule has 0 unspecified atom stereocenters. The zero-order valence-electron chi connectivity index (χ0n) is 14.1. The number of likely N-dealkylation sites (N-methyl/N-ethyl adjacent to an activating group) is 1. The molecule has 126 valence electrons.